The minimum absolute atomic E-state index is 0.0286. The lowest BCUT2D eigenvalue weighted by molar-refractivity contribution is -0.122. The number of rotatable bonds is 6. The number of morpholine rings is 1. The quantitative estimate of drug-likeness (QED) is 0.398. The fourth-order valence-electron chi connectivity index (χ4n) is 3.74. The fraction of sp³-hybridized carbons (Fsp3) is 0.292. The van der Waals surface area contributed by atoms with Crippen molar-refractivity contribution in [3.63, 3.8) is 0 Å². The van der Waals surface area contributed by atoms with Crippen LogP contribution in [0.15, 0.2) is 48.0 Å². The molecule has 0 bridgehead atoms. The zero-order valence-electron chi connectivity index (χ0n) is 18.5. The van der Waals surface area contributed by atoms with Crippen molar-refractivity contribution in [2.45, 2.75) is 6.92 Å². The standard InChI is InChI=1S/C24H25N3O5S/c1-3-32-19-8-6-17(7-9-19)27-23(29)20(22(28)25-24(27)33)14-16-4-5-18(15-21(16)30-2)26-10-12-31-13-11-26/h4-9,14-15H,3,10-13H2,1-2H3,(H,25,28,33)/b20-14+. The highest BCUT2D eigenvalue weighted by atomic mass is 32.1. The van der Waals surface area contributed by atoms with Gasteiger partial charge in [-0.15, -0.1) is 0 Å². The number of nitrogens with zero attached hydrogens (tertiary/aromatic N) is 2. The molecule has 2 saturated heterocycles. The molecule has 0 spiro atoms. The third-order valence-electron chi connectivity index (χ3n) is 5.40. The SMILES string of the molecule is CCOc1ccc(N2C(=O)/C(=C/c3ccc(N4CCOCC4)cc3OC)C(=O)NC2=S)cc1. The van der Waals surface area contributed by atoms with Crippen molar-refractivity contribution >= 4 is 46.6 Å². The first-order valence-electron chi connectivity index (χ1n) is 10.7. The molecule has 1 N–H and O–H groups in total. The van der Waals surface area contributed by atoms with Gasteiger partial charge >= 0.3 is 0 Å². The first kappa shape index (κ1) is 22.8. The van der Waals surface area contributed by atoms with E-state index in [1.54, 1.807) is 31.4 Å². The minimum Gasteiger partial charge on any atom is -0.496 e. The zero-order chi connectivity index (χ0) is 23.4. The Morgan fingerprint density at radius 2 is 1.79 bits per heavy atom. The van der Waals surface area contributed by atoms with E-state index in [2.05, 4.69) is 10.2 Å². The van der Waals surface area contributed by atoms with Crippen LogP contribution in [0.25, 0.3) is 6.08 Å². The lowest BCUT2D eigenvalue weighted by atomic mass is 10.1. The molecule has 0 radical (unpaired) electrons. The third-order valence-corrected chi connectivity index (χ3v) is 5.69. The molecule has 8 nitrogen and oxygen atoms in total. The van der Waals surface area contributed by atoms with Crippen LogP contribution in [-0.4, -0.2) is 56.9 Å². The number of methoxy groups -OCH3 is 1. The summed E-state index contributed by atoms with van der Waals surface area (Å²) < 4.78 is 16.4. The van der Waals surface area contributed by atoms with Gasteiger partial charge in [-0.1, -0.05) is 0 Å². The van der Waals surface area contributed by atoms with E-state index in [9.17, 15) is 9.59 Å². The number of thiocarbonyl (C=S) groups is 1. The highest BCUT2D eigenvalue weighted by Gasteiger charge is 2.34. The van der Waals surface area contributed by atoms with Crippen LogP contribution in [0.3, 0.4) is 0 Å². The average Bonchev–Trinajstić information content (AvgIpc) is 2.83. The second kappa shape index (κ2) is 10.0. The maximum atomic E-state index is 13.3. The predicted octanol–water partition coefficient (Wildman–Crippen LogP) is 2.76. The van der Waals surface area contributed by atoms with Gasteiger partial charge in [0.1, 0.15) is 17.1 Å². The second-order valence-corrected chi connectivity index (χ2v) is 7.80. The van der Waals surface area contributed by atoms with Gasteiger partial charge in [-0.25, -0.2) is 0 Å². The third kappa shape index (κ3) is 4.84. The second-order valence-electron chi connectivity index (χ2n) is 7.41. The van der Waals surface area contributed by atoms with Gasteiger partial charge in [0.05, 0.1) is 32.6 Å². The van der Waals surface area contributed by atoms with Crippen LogP contribution in [0.5, 0.6) is 11.5 Å². The smallest absolute Gasteiger partial charge is 0.270 e. The van der Waals surface area contributed by atoms with Gasteiger partial charge in [0.25, 0.3) is 11.8 Å². The number of ether oxygens (including phenoxy) is 3. The Hall–Kier alpha value is -3.43. The van der Waals surface area contributed by atoms with E-state index in [0.717, 1.165) is 18.8 Å². The molecule has 2 fully saturated rings. The van der Waals surface area contributed by atoms with E-state index < -0.39 is 11.8 Å². The number of hydrogen-bond acceptors (Lipinski definition) is 7. The van der Waals surface area contributed by atoms with Gasteiger partial charge in [-0.3, -0.25) is 19.8 Å². The topological polar surface area (TPSA) is 80.3 Å². The summed E-state index contributed by atoms with van der Waals surface area (Å²) >= 11 is 5.28. The number of carbonyl (C=O) groups excluding carboxylic acids is 2. The molecule has 0 saturated carbocycles. The van der Waals surface area contributed by atoms with E-state index >= 15 is 0 Å². The van der Waals surface area contributed by atoms with Crippen LogP contribution in [-0.2, 0) is 14.3 Å². The van der Waals surface area contributed by atoms with Gasteiger partial charge < -0.3 is 19.1 Å². The molecule has 2 heterocycles. The van der Waals surface area contributed by atoms with Gasteiger partial charge in [0.2, 0.25) is 0 Å². The largest absolute Gasteiger partial charge is 0.496 e. The molecular formula is C24H25N3O5S. The van der Waals surface area contributed by atoms with E-state index in [4.69, 9.17) is 26.4 Å². The Morgan fingerprint density at radius 3 is 2.45 bits per heavy atom. The Balaban J connectivity index is 1.64. The van der Waals surface area contributed by atoms with Gasteiger partial charge in [-0.05, 0) is 61.6 Å². The van der Waals surface area contributed by atoms with Crippen molar-refractivity contribution in [1.29, 1.82) is 0 Å². The maximum absolute atomic E-state index is 13.3. The van der Waals surface area contributed by atoms with E-state index in [1.807, 2.05) is 25.1 Å². The molecule has 0 aliphatic carbocycles. The van der Waals surface area contributed by atoms with Crippen LogP contribution >= 0.6 is 12.2 Å². The summed E-state index contributed by atoms with van der Waals surface area (Å²) in [6, 6.07) is 12.6. The fourth-order valence-corrected chi connectivity index (χ4v) is 4.02. The van der Waals surface area contributed by atoms with Crippen LogP contribution in [0.4, 0.5) is 11.4 Å². The van der Waals surface area contributed by atoms with Crippen molar-refractivity contribution in [2.75, 3.05) is 49.8 Å². The Kier molecular flexibility index (Phi) is 6.90. The van der Waals surface area contributed by atoms with Crippen LogP contribution in [0.1, 0.15) is 12.5 Å². The zero-order valence-corrected chi connectivity index (χ0v) is 19.3. The molecule has 2 aliphatic rings. The summed E-state index contributed by atoms with van der Waals surface area (Å²) in [5.41, 5.74) is 2.12. The first-order valence-corrected chi connectivity index (χ1v) is 11.1. The average molecular weight is 468 g/mol. The molecule has 0 unspecified atom stereocenters. The van der Waals surface area contributed by atoms with Gasteiger partial charge in [0.15, 0.2) is 5.11 Å². The van der Waals surface area contributed by atoms with Crippen LogP contribution < -0.4 is 24.6 Å². The first-order chi connectivity index (χ1) is 16.0. The Bertz CT molecular complexity index is 1090. The number of carbonyl (C=O) groups is 2. The Morgan fingerprint density at radius 1 is 1.09 bits per heavy atom. The van der Waals surface area contributed by atoms with Crippen LogP contribution in [0, 0.1) is 0 Å². The molecule has 0 atom stereocenters. The number of benzene rings is 2. The molecule has 2 amide bonds. The lowest BCUT2D eigenvalue weighted by Gasteiger charge is -2.30. The van der Waals surface area contributed by atoms with E-state index in [1.165, 1.54) is 11.0 Å². The number of nitrogens with one attached hydrogen (secondary N) is 1. The van der Waals surface area contributed by atoms with E-state index in [0.29, 0.717) is 42.6 Å². The highest BCUT2D eigenvalue weighted by Crippen LogP contribution is 2.30. The molecule has 33 heavy (non-hydrogen) atoms. The molecule has 0 aromatic heterocycles. The lowest BCUT2D eigenvalue weighted by Crippen LogP contribution is -2.54. The van der Waals surface area contributed by atoms with Crippen molar-refractivity contribution in [2.24, 2.45) is 0 Å². The Labute approximate surface area is 197 Å². The van der Waals surface area contributed by atoms with Crippen molar-refractivity contribution in [3.05, 3.63) is 53.6 Å². The van der Waals surface area contributed by atoms with Gasteiger partial charge in [0, 0.05) is 30.4 Å². The van der Waals surface area contributed by atoms with Crippen molar-refractivity contribution < 1.29 is 23.8 Å². The summed E-state index contributed by atoms with van der Waals surface area (Å²) in [5, 5.41) is 2.63. The summed E-state index contributed by atoms with van der Waals surface area (Å²) in [7, 11) is 1.56. The minimum atomic E-state index is -0.550. The molecule has 9 heteroatoms. The van der Waals surface area contributed by atoms with E-state index in [-0.39, 0.29) is 10.7 Å². The number of amides is 2. The summed E-state index contributed by atoms with van der Waals surface area (Å²) in [5.74, 6) is 0.188. The molecular weight excluding hydrogens is 442 g/mol. The summed E-state index contributed by atoms with van der Waals surface area (Å²) in [6.07, 6.45) is 1.53. The van der Waals surface area contributed by atoms with Crippen LogP contribution in [0.2, 0.25) is 0 Å². The highest BCUT2D eigenvalue weighted by molar-refractivity contribution is 7.80. The predicted molar refractivity (Wildman–Crippen MR) is 130 cm³/mol. The molecule has 2 aromatic rings. The number of anilines is 2. The summed E-state index contributed by atoms with van der Waals surface area (Å²) in [4.78, 5) is 29.4. The normalized spacial score (nSPS) is 17.9. The molecule has 2 aromatic carbocycles. The monoisotopic (exact) mass is 467 g/mol. The molecule has 172 valence electrons. The number of hydrogen-bond donors (Lipinski definition) is 1. The maximum Gasteiger partial charge on any atom is 0.270 e. The summed E-state index contributed by atoms with van der Waals surface area (Å²) in [6.45, 7) is 5.35. The molecule has 4 rings (SSSR count). The van der Waals surface area contributed by atoms with Crippen molar-refractivity contribution in [1.82, 2.24) is 5.32 Å². The van der Waals surface area contributed by atoms with Crippen molar-refractivity contribution in [3.8, 4) is 11.5 Å². The molecule has 2 aliphatic heterocycles. The van der Waals surface area contributed by atoms with Gasteiger partial charge in [-0.2, -0.15) is 0 Å².